The van der Waals surface area contributed by atoms with Gasteiger partial charge in [-0.05, 0) is 48.6 Å². The molecule has 0 saturated carbocycles. The number of anilines is 1. The molecular weight excluding hydrogens is 348 g/mol. The summed E-state index contributed by atoms with van der Waals surface area (Å²) in [5.74, 6) is 0. The van der Waals surface area contributed by atoms with Crippen molar-refractivity contribution in [3.8, 4) is 10.6 Å². The first kappa shape index (κ1) is 17.9. The van der Waals surface area contributed by atoms with E-state index in [-0.39, 0.29) is 11.6 Å². The van der Waals surface area contributed by atoms with Crippen molar-refractivity contribution in [1.29, 1.82) is 0 Å². The van der Waals surface area contributed by atoms with Gasteiger partial charge in [-0.3, -0.25) is 4.79 Å². The fourth-order valence-corrected chi connectivity index (χ4v) is 3.17. The molecule has 0 radical (unpaired) electrons. The van der Waals surface area contributed by atoms with Gasteiger partial charge in [0.15, 0.2) is 0 Å². The molecule has 1 aromatic carbocycles. The largest absolute Gasteiger partial charge is 0.336 e. The maximum Gasteiger partial charge on any atom is 0.319 e. The molecule has 0 fully saturated rings. The van der Waals surface area contributed by atoms with E-state index in [9.17, 15) is 9.59 Å². The molecule has 7 heteroatoms. The van der Waals surface area contributed by atoms with Gasteiger partial charge in [0.25, 0.3) is 5.56 Å². The minimum absolute atomic E-state index is 0.193. The Morgan fingerprint density at radius 3 is 2.81 bits per heavy atom. The zero-order valence-electron chi connectivity index (χ0n) is 14.7. The van der Waals surface area contributed by atoms with Crippen LogP contribution in [-0.4, -0.2) is 22.4 Å². The summed E-state index contributed by atoms with van der Waals surface area (Å²) in [7, 11) is 0. The molecular formula is C19H20N4O2S. The molecule has 0 bridgehead atoms. The van der Waals surface area contributed by atoms with E-state index in [2.05, 4.69) is 15.7 Å². The van der Waals surface area contributed by atoms with Gasteiger partial charge in [0.2, 0.25) is 0 Å². The molecule has 0 unspecified atom stereocenters. The number of amides is 2. The Balaban J connectivity index is 1.59. The number of nitrogens with zero attached hydrogens (tertiary/aromatic N) is 2. The van der Waals surface area contributed by atoms with Crippen LogP contribution < -0.4 is 16.2 Å². The van der Waals surface area contributed by atoms with E-state index in [1.807, 2.05) is 49.6 Å². The highest BCUT2D eigenvalue weighted by atomic mass is 32.1. The molecule has 0 atom stereocenters. The zero-order valence-corrected chi connectivity index (χ0v) is 15.5. The van der Waals surface area contributed by atoms with Gasteiger partial charge < -0.3 is 10.6 Å². The van der Waals surface area contributed by atoms with Crippen molar-refractivity contribution < 1.29 is 4.79 Å². The molecule has 2 amide bonds. The van der Waals surface area contributed by atoms with Crippen LogP contribution in [0.3, 0.4) is 0 Å². The highest BCUT2D eigenvalue weighted by molar-refractivity contribution is 7.13. The Hall–Kier alpha value is -2.93. The monoisotopic (exact) mass is 368 g/mol. The molecule has 134 valence electrons. The van der Waals surface area contributed by atoms with Crippen molar-refractivity contribution in [2.24, 2.45) is 0 Å². The summed E-state index contributed by atoms with van der Waals surface area (Å²) in [6.45, 7) is 4.52. The average molecular weight is 368 g/mol. The third-order valence-corrected chi connectivity index (χ3v) is 4.78. The van der Waals surface area contributed by atoms with E-state index < -0.39 is 0 Å². The predicted octanol–water partition coefficient (Wildman–Crippen LogP) is 3.41. The first-order valence-corrected chi connectivity index (χ1v) is 9.15. The van der Waals surface area contributed by atoms with Gasteiger partial charge >= 0.3 is 6.03 Å². The van der Waals surface area contributed by atoms with E-state index in [1.165, 1.54) is 10.7 Å². The molecule has 2 heterocycles. The van der Waals surface area contributed by atoms with Gasteiger partial charge in [-0.15, -0.1) is 11.3 Å². The molecule has 2 aromatic heterocycles. The van der Waals surface area contributed by atoms with E-state index >= 15 is 0 Å². The molecule has 0 spiro atoms. The summed E-state index contributed by atoms with van der Waals surface area (Å²) in [5.41, 5.74) is 3.40. The average Bonchev–Trinajstić information content (AvgIpc) is 3.14. The van der Waals surface area contributed by atoms with Crippen LogP contribution in [0, 0.1) is 13.8 Å². The van der Waals surface area contributed by atoms with Gasteiger partial charge in [-0.25, -0.2) is 9.48 Å². The molecule has 3 rings (SSSR count). The Bertz CT molecular complexity index is 964. The number of hydrogen-bond acceptors (Lipinski definition) is 4. The lowest BCUT2D eigenvalue weighted by Gasteiger charge is -2.11. The molecule has 26 heavy (non-hydrogen) atoms. The van der Waals surface area contributed by atoms with Crippen molar-refractivity contribution in [2.45, 2.75) is 20.4 Å². The third kappa shape index (κ3) is 4.37. The van der Waals surface area contributed by atoms with Crippen molar-refractivity contribution in [1.82, 2.24) is 15.1 Å². The van der Waals surface area contributed by atoms with E-state index in [1.54, 1.807) is 17.4 Å². The van der Waals surface area contributed by atoms with Crippen LogP contribution in [0.5, 0.6) is 0 Å². The number of benzene rings is 1. The number of carbonyl (C=O) groups is 1. The lowest BCUT2D eigenvalue weighted by Crippen LogP contribution is -2.34. The van der Waals surface area contributed by atoms with Crippen LogP contribution in [-0.2, 0) is 6.54 Å². The third-order valence-electron chi connectivity index (χ3n) is 3.89. The van der Waals surface area contributed by atoms with Crippen LogP contribution in [0.2, 0.25) is 0 Å². The number of thiophene rings is 1. The van der Waals surface area contributed by atoms with Crippen LogP contribution in [0.25, 0.3) is 10.6 Å². The minimum Gasteiger partial charge on any atom is -0.336 e. The van der Waals surface area contributed by atoms with Gasteiger partial charge in [0.1, 0.15) is 5.69 Å². The molecule has 0 aliphatic heterocycles. The van der Waals surface area contributed by atoms with Gasteiger partial charge in [0.05, 0.1) is 11.4 Å². The Morgan fingerprint density at radius 1 is 1.19 bits per heavy atom. The van der Waals surface area contributed by atoms with Crippen LogP contribution in [0.4, 0.5) is 10.5 Å². The van der Waals surface area contributed by atoms with Crippen LogP contribution in [0.1, 0.15) is 11.1 Å². The SMILES string of the molecule is Cc1ccc(C)c(NC(=O)NCCn2nc(-c3cccs3)ccc2=O)c1. The maximum absolute atomic E-state index is 12.1. The topological polar surface area (TPSA) is 76.0 Å². The molecule has 0 saturated heterocycles. The zero-order chi connectivity index (χ0) is 18.5. The van der Waals surface area contributed by atoms with Crippen LogP contribution >= 0.6 is 11.3 Å². The maximum atomic E-state index is 12.1. The molecule has 0 aliphatic carbocycles. The first-order valence-electron chi connectivity index (χ1n) is 8.27. The highest BCUT2D eigenvalue weighted by Crippen LogP contribution is 2.21. The normalized spacial score (nSPS) is 10.5. The fraction of sp³-hybridized carbons (Fsp3) is 0.211. The van der Waals surface area contributed by atoms with E-state index in [4.69, 9.17) is 0 Å². The number of urea groups is 1. The summed E-state index contributed by atoms with van der Waals surface area (Å²) < 4.78 is 1.37. The Labute approximate surface area is 155 Å². The number of hydrogen-bond donors (Lipinski definition) is 2. The molecule has 0 aliphatic rings. The van der Waals surface area contributed by atoms with E-state index in [0.29, 0.717) is 13.1 Å². The van der Waals surface area contributed by atoms with Crippen molar-refractivity contribution in [2.75, 3.05) is 11.9 Å². The van der Waals surface area contributed by atoms with E-state index in [0.717, 1.165) is 27.4 Å². The molecule has 6 nitrogen and oxygen atoms in total. The van der Waals surface area contributed by atoms with Crippen LogP contribution in [0.15, 0.2) is 52.6 Å². The molecule has 2 N–H and O–H groups in total. The summed E-state index contributed by atoms with van der Waals surface area (Å²) in [6, 6.07) is 12.7. The van der Waals surface area contributed by atoms with Gasteiger partial charge in [0, 0.05) is 18.3 Å². The first-order chi connectivity index (χ1) is 12.5. The second kappa shape index (κ2) is 7.97. The summed E-state index contributed by atoms with van der Waals surface area (Å²) in [4.78, 5) is 25.0. The van der Waals surface area contributed by atoms with Crippen molar-refractivity contribution in [3.05, 3.63) is 69.3 Å². The van der Waals surface area contributed by atoms with Gasteiger partial charge in [-0.1, -0.05) is 18.2 Å². The number of aromatic nitrogens is 2. The Morgan fingerprint density at radius 2 is 2.04 bits per heavy atom. The predicted molar refractivity (Wildman–Crippen MR) is 105 cm³/mol. The number of nitrogens with one attached hydrogen (secondary N) is 2. The standard InChI is InChI=1S/C19H20N4O2S/c1-13-5-6-14(2)16(12-13)21-19(25)20-9-10-23-18(24)8-7-15(22-23)17-4-3-11-26-17/h3-8,11-12H,9-10H2,1-2H3,(H2,20,21,25). The summed E-state index contributed by atoms with van der Waals surface area (Å²) in [6.07, 6.45) is 0. The number of rotatable bonds is 5. The lowest BCUT2D eigenvalue weighted by atomic mass is 10.1. The minimum atomic E-state index is -0.304. The number of carbonyl (C=O) groups excluding carboxylic acids is 1. The number of aryl methyl sites for hydroxylation is 2. The van der Waals surface area contributed by atoms with Crippen molar-refractivity contribution >= 4 is 23.1 Å². The second-order valence-electron chi connectivity index (χ2n) is 5.96. The molecule has 3 aromatic rings. The summed E-state index contributed by atoms with van der Waals surface area (Å²) >= 11 is 1.57. The lowest BCUT2D eigenvalue weighted by molar-refractivity contribution is 0.251. The van der Waals surface area contributed by atoms with Crippen molar-refractivity contribution in [3.63, 3.8) is 0 Å². The highest BCUT2D eigenvalue weighted by Gasteiger charge is 2.07. The fourth-order valence-electron chi connectivity index (χ4n) is 2.48. The quantitative estimate of drug-likeness (QED) is 0.725. The Kier molecular flexibility index (Phi) is 5.48. The second-order valence-corrected chi connectivity index (χ2v) is 6.90. The summed E-state index contributed by atoms with van der Waals surface area (Å²) in [5, 5.41) is 11.9. The van der Waals surface area contributed by atoms with Gasteiger partial charge in [-0.2, -0.15) is 5.10 Å². The smallest absolute Gasteiger partial charge is 0.319 e.